The zero-order valence-corrected chi connectivity index (χ0v) is 13.2. The van der Waals surface area contributed by atoms with Gasteiger partial charge in [0, 0.05) is 18.7 Å². The first-order valence-corrected chi connectivity index (χ1v) is 7.89. The second-order valence-corrected chi connectivity index (χ2v) is 6.05. The molecule has 22 heavy (non-hydrogen) atoms. The molecule has 0 unspecified atom stereocenters. The molecule has 1 amide bonds. The smallest absolute Gasteiger partial charge is 0.227 e. The number of carbonyl (C=O) groups excluding carboxylic acids is 1. The third-order valence-corrected chi connectivity index (χ3v) is 4.63. The number of benzene rings is 1. The lowest BCUT2D eigenvalue weighted by atomic mass is 9.89. The van der Waals surface area contributed by atoms with Gasteiger partial charge in [0.25, 0.3) is 0 Å². The summed E-state index contributed by atoms with van der Waals surface area (Å²) >= 11 is 0. The Morgan fingerprint density at radius 2 is 1.91 bits per heavy atom. The van der Waals surface area contributed by atoms with Crippen molar-refractivity contribution in [1.82, 2.24) is 10.1 Å². The van der Waals surface area contributed by atoms with E-state index in [2.05, 4.69) is 29.4 Å². The number of carbonyl (C=O) groups is 1. The molecule has 2 heterocycles. The Labute approximate surface area is 131 Å². The van der Waals surface area contributed by atoms with Crippen LogP contribution in [0.3, 0.4) is 0 Å². The van der Waals surface area contributed by atoms with Crippen molar-refractivity contribution < 1.29 is 9.32 Å². The fourth-order valence-corrected chi connectivity index (χ4v) is 3.20. The van der Waals surface area contributed by atoms with Gasteiger partial charge in [-0.15, -0.1) is 0 Å². The highest BCUT2D eigenvalue weighted by Crippen LogP contribution is 2.28. The molecular weight excluding hydrogens is 276 g/mol. The molecule has 4 nitrogen and oxygen atoms in total. The van der Waals surface area contributed by atoms with Crippen LogP contribution in [0.1, 0.15) is 41.3 Å². The van der Waals surface area contributed by atoms with E-state index in [0.29, 0.717) is 12.3 Å². The van der Waals surface area contributed by atoms with Gasteiger partial charge < -0.3 is 9.42 Å². The maximum absolute atomic E-state index is 12.5. The maximum atomic E-state index is 12.5. The first-order valence-electron chi connectivity index (χ1n) is 7.89. The van der Waals surface area contributed by atoms with E-state index in [-0.39, 0.29) is 5.91 Å². The molecule has 0 bridgehead atoms. The number of hydrogen-bond donors (Lipinski definition) is 0. The molecule has 3 rings (SSSR count). The van der Waals surface area contributed by atoms with Crippen molar-refractivity contribution in [2.45, 2.75) is 39.0 Å². The molecule has 0 atom stereocenters. The van der Waals surface area contributed by atoms with E-state index in [4.69, 9.17) is 4.52 Å². The number of rotatable bonds is 3. The molecule has 1 aliphatic rings. The second kappa shape index (κ2) is 6.34. The van der Waals surface area contributed by atoms with Crippen molar-refractivity contribution >= 4 is 5.91 Å². The third-order valence-electron chi connectivity index (χ3n) is 4.63. The van der Waals surface area contributed by atoms with Crippen LogP contribution >= 0.6 is 0 Å². The largest absolute Gasteiger partial charge is 0.361 e. The lowest BCUT2D eigenvalue weighted by Gasteiger charge is -2.32. The minimum atomic E-state index is 0.181. The zero-order chi connectivity index (χ0) is 15.5. The number of hydrogen-bond acceptors (Lipinski definition) is 3. The summed E-state index contributed by atoms with van der Waals surface area (Å²) in [5.74, 6) is 1.51. The summed E-state index contributed by atoms with van der Waals surface area (Å²) < 4.78 is 5.14. The summed E-state index contributed by atoms with van der Waals surface area (Å²) in [4.78, 5) is 14.4. The molecule has 0 saturated carbocycles. The van der Waals surface area contributed by atoms with Gasteiger partial charge in [-0.1, -0.05) is 35.5 Å². The topological polar surface area (TPSA) is 46.3 Å². The highest BCUT2D eigenvalue weighted by molar-refractivity contribution is 5.79. The van der Waals surface area contributed by atoms with Crippen molar-refractivity contribution in [2.24, 2.45) is 0 Å². The van der Waals surface area contributed by atoms with Gasteiger partial charge in [-0.25, -0.2) is 0 Å². The maximum Gasteiger partial charge on any atom is 0.227 e. The van der Waals surface area contributed by atoms with Gasteiger partial charge in [-0.3, -0.25) is 4.79 Å². The van der Waals surface area contributed by atoms with Gasteiger partial charge in [0.1, 0.15) is 5.76 Å². The summed E-state index contributed by atoms with van der Waals surface area (Å²) in [7, 11) is 0. The van der Waals surface area contributed by atoms with Crippen LogP contribution in [0.15, 0.2) is 34.9 Å². The zero-order valence-electron chi connectivity index (χ0n) is 13.2. The van der Waals surface area contributed by atoms with Gasteiger partial charge in [0.2, 0.25) is 5.91 Å². The average molecular weight is 298 g/mol. The Morgan fingerprint density at radius 3 is 2.50 bits per heavy atom. The fourth-order valence-electron chi connectivity index (χ4n) is 3.20. The van der Waals surface area contributed by atoms with E-state index in [1.165, 1.54) is 5.56 Å². The van der Waals surface area contributed by atoms with Gasteiger partial charge in [0.15, 0.2) is 0 Å². The van der Waals surface area contributed by atoms with Crippen molar-refractivity contribution in [3.63, 3.8) is 0 Å². The number of aryl methyl sites for hydroxylation is 2. The quantitative estimate of drug-likeness (QED) is 0.874. The van der Waals surface area contributed by atoms with Crippen LogP contribution < -0.4 is 0 Å². The molecule has 1 saturated heterocycles. The molecule has 4 heteroatoms. The molecule has 1 aromatic carbocycles. The third kappa shape index (κ3) is 3.06. The predicted molar refractivity (Wildman–Crippen MR) is 84.7 cm³/mol. The van der Waals surface area contributed by atoms with Crippen LogP contribution in [0.25, 0.3) is 0 Å². The van der Waals surface area contributed by atoms with Crippen LogP contribution in [0, 0.1) is 13.8 Å². The van der Waals surface area contributed by atoms with Gasteiger partial charge in [0.05, 0.1) is 12.1 Å². The van der Waals surface area contributed by atoms with Crippen LogP contribution in [-0.2, 0) is 11.2 Å². The van der Waals surface area contributed by atoms with Crippen LogP contribution in [-0.4, -0.2) is 29.1 Å². The fraction of sp³-hybridized carbons (Fsp3) is 0.444. The van der Waals surface area contributed by atoms with Crippen molar-refractivity contribution in [3.05, 3.63) is 52.9 Å². The standard InChI is InChI=1S/C18H22N2O2/c1-13-17(14(2)22-19-13)12-18(21)20-10-8-16(9-11-20)15-6-4-3-5-7-15/h3-7,16H,8-12H2,1-2H3. The highest BCUT2D eigenvalue weighted by atomic mass is 16.5. The molecule has 116 valence electrons. The van der Waals surface area contributed by atoms with E-state index in [0.717, 1.165) is 42.9 Å². The number of nitrogens with zero attached hydrogens (tertiary/aromatic N) is 2. The lowest BCUT2D eigenvalue weighted by molar-refractivity contribution is -0.131. The van der Waals surface area contributed by atoms with E-state index >= 15 is 0 Å². The molecule has 0 N–H and O–H groups in total. The molecule has 1 fully saturated rings. The van der Waals surface area contributed by atoms with Crippen LogP contribution in [0.2, 0.25) is 0 Å². The number of amides is 1. The van der Waals surface area contributed by atoms with E-state index in [1.54, 1.807) is 0 Å². The van der Waals surface area contributed by atoms with Crippen LogP contribution in [0.5, 0.6) is 0 Å². The minimum absolute atomic E-state index is 0.181. The Bertz CT molecular complexity index is 621. The molecular formula is C18H22N2O2. The molecule has 1 aromatic heterocycles. The predicted octanol–water partition coefficient (Wildman–Crippen LogP) is 3.24. The summed E-state index contributed by atoms with van der Waals surface area (Å²) in [6.07, 6.45) is 2.48. The number of piperidine rings is 1. The normalized spacial score (nSPS) is 16.0. The SMILES string of the molecule is Cc1noc(C)c1CC(=O)N1CCC(c2ccccc2)CC1. The number of likely N-dealkylation sites (tertiary alicyclic amines) is 1. The monoisotopic (exact) mass is 298 g/mol. The first-order chi connectivity index (χ1) is 10.6. The summed E-state index contributed by atoms with van der Waals surface area (Å²) in [5.41, 5.74) is 3.15. The molecule has 2 aromatic rings. The first kappa shape index (κ1) is 14.8. The Hall–Kier alpha value is -2.10. The Balaban J connectivity index is 1.58. The van der Waals surface area contributed by atoms with Gasteiger partial charge in [-0.2, -0.15) is 0 Å². The van der Waals surface area contributed by atoms with E-state index < -0.39 is 0 Å². The molecule has 0 radical (unpaired) electrons. The van der Waals surface area contributed by atoms with Crippen LogP contribution in [0.4, 0.5) is 0 Å². The summed E-state index contributed by atoms with van der Waals surface area (Å²) in [6.45, 7) is 5.43. The van der Waals surface area contributed by atoms with Crippen molar-refractivity contribution in [2.75, 3.05) is 13.1 Å². The molecule has 0 spiro atoms. The Kier molecular flexibility index (Phi) is 4.27. The van der Waals surface area contributed by atoms with E-state index in [1.807, 2.05) is 24.8 Å². The van der Waals surface area contributed by atoms with Gasteiger partial charge in [-0.05, 0) is 38.2 Å². The average Bonchev–Trinajstić information content (AvgIpc) is 2.88. The lowest BCUT2D eigenvalue weighted by Crippen LogP contribution is -2.38. The number of aromatic nitrogens is 1. The highest BCUT2D eigenvalue weighted by Gasteiger charge is 2.25. The van der Waals surface area contributed by atoms with Crippen molar-refractivity contribution in [3.8, 4) is 0 Å². The van der Waals surface area contributed by atoms with Crippen molar-refractivity contribution in [1.29, 1.82) is 0 Å². The van der Waals surface area contributed by atoms with Gasteiger partial charge >= 0.3 is 0 Å². The second-order valence-electron chi connectivity index (χ2n) is 6.05. The Morgan fingerprint density at radius 1 is 1.23 bits per heavy atom. The molecule has 0 aliphatic carbocycles. The molecule has 1 aliphatic heterocycles. The summed E-state index contributed by atoms with van der Waals surface area (Å²) in [5, 5.41) is 3.92. The minimum Gasteiger partial charge on any atom is -0.361 e. The summed E-state index contributed by atoms with van der Waals surface area (Å²) in [6, 6.07) is 10.6. The van der Waals surface area contributed by atoms with E-state index in [9.17, 15) is 4.79 Å².